The standard InChI is InChI=1S/C22H31N3O2/c1-17-4-2-5-18(14-17)15-25-11-3-9-22(21(25)27)10-13-24(16-22)12-8-20(26)23-19-6-7-19/h2,4-5,14,19H,3,6-13,15-16H2,1H3,(H,23,26)/t22-/m1/s1. The Labute approximate surface area is 162 Å². The van der Waals surface area contributed by atoms with E-state index in [1.165, 1.54) is 11.1 Å². The van der Waals surface area contributed by atoms with Gasteiger partial charge in [-0.15, -0.1) is 0 Å². The molecule has 0 bridgehead atoms. The van der Waals surface area contributed by atoms with Crippen LogP contribution in [0.5, 0.6) is 0 Å². The Morgan fingerprint density at radius 3 is 2.89 bits per heavy atom. The van der Waals surface area contributed by atoms with E-state index in [0.29, 0.717) is 24.9 Å². The summed E-state index contributed by atoms with van der Waals surface area (Å²) in [7, 11) is 0. The average molecular weight is 370 g/mol. The quantitative estimate of drug-likeness (QED) is 0.838. The third kappa shape index (κ3) is 4.34. The number of likely N-dealkylation sites (tertiary alicyclic amines) is 2. The van der Waals surface area contributed by atoms with Crippen LogP contribution < -0.4 is 5.32 Å². The number of carbonyl (C=O) groups excluding carboxylic acids is 2. The van der Waals surface area contributed by atoms with E-state index in [2.05, 4.69) is 46.3 Å². The van der Waals surface area contributed by atoms with Crippen LogP contribution in [0, 0.1) is 12.3 Å². The van der Waals surface area contributed by atoms with E-state index < -0.39 is 0 Å². The van der Waals surface area contributed by atoms with Crippen LogP contribution in [0.4, 0.5) is 0 Å². The first-order chi connectivity index (χ1) is 13.0. The largest absolute Gasteiger partial charge is 0.353 e. The lowest BCUT2D eigenvalue weighted by atomic mass is 9.78. The Morgan fingerprint density at radius 2 is 2.11 bits per heavy atom. The highest BCUT2D eigenvalue weighted by molar-refractivity contribution is 5.84. The molecular weight excluding hydrogens is 338 g/mol. The number of carbonyl (C=O) groups is 2. The second-order valence-electron chi connectivity index (χ2n) is 8.72. The van der Waals surface area contributed by atoms with Gasteiger partial charge in [0, 0.05) is 38.6 Å². The van der Waals surface area contributed by atoms with Gasteiger partial charge in [0.2, 0.25) is 11.8 Å². The van der Waals surface area contributed by atoms with Crippen LogP contribution in [0.1, 0.15) is 49.7 Å². The van der Waals surface area contributed by atoms with Gasteiger partial charge in [0.25, 0.3) is 0 Å². The molecule has 1 N–H and O–H groups in total. The number of nitrogens with zero attached hydrogens (tertiary/aromatic N) is 2. The zero-order chi connectivity index (χ0) is 18.9. The minimum absolute atomic E-state index is 0.162. The molecule has 3 fully saturated rings. The molecule has 0 radical (unpaired) electrons. The topological polar surface area (TPSA) is 52.6 Å². The smallest absolute Gasteiger partial charge is 0.230 e. The molecule has 1 aromatic rings. The van der Waals surface area contributed by atoms with Gasteiger partial charge in [0.15, 0.2) is 0 Å². The van der Waals surface area contributed by atoms with Crippen LogP contribution in [0.2, 0.25) is 0 Å². The summed E-state index contributed by atoms with van der Waals surface area (Å²) in [6.07, 6.45) is 5.80. The number of hydrogen-bond acceptors (Lipinski definition) is 3. The average Bonchev–Trinajstić information content (AvgIpc) is 3.36. The van der Waals surface area contributed by atoms with Crippen LogP contribution in [-0.4, -0.2) is 53.8 Å². The molecule has 2 amide bonds. The van der Waals surface area contributed by atoms with Crippen molar-refractivity contribution in [1.29, 1.82) is 0 Å². The molecule has 4 rings (SSSR count). The second-order valence-corrected chi connectivity index (χ2v) is 8.72. The molecule has 2 heterocycles. The number of rotatable bonds is 6. The van der Waals surface area contributed by atoms with Crippen molar-refractivity contribution in [2.24, 2.45) is 5.41 Å². The minimum Gasteiger partial charge on any atom is -0.353 e. The van der Waals surface area contributed by atoms with Gasteiger partial charge in [-0.25, -0.2) is 0 Å². The first-order valence-corrected chi connectivity index (χ1v) is 10.4. The molecule has 3 aliphatic rings. The minimum atomic E-state index is -0.227. The molecule has 1 aliphatic carbocycles. The molecule has 2 saturated heterocycles. The van der Waals surface area contributed by atoms with Crippen molar-refractivity contribution < 1.29 is 9.59 Å². The molecule has 5 heteroatoms. The van der Waals surface area contributed by atoms with E-state index in [-0.39, 0.29) is 11.3 Å². The summed E-state index contributed by atoms with van der Waals surface area (Å²) < 4.78 is 0. The Bertz CT molecular complexity index is 715. The Balaban J connectivity index is 1.33. The lowest BCUT2D eigenvalue weighted by Crippen LogP contribution is -2.49. The monoisotopic (exact) mass is 369 g/mol. The van der Waals surface area contributed by atoms with Gasteiger partial charge in [-0.2, -0.15) is 0 Å². The maximum Gasteiger partial charge on any atom is 0.230 e. The third-order valence-corrected chi connectivity index (χ3v) is 6.31. The fraction of sp³-hybridized carbons (Fsp3) is 0.636. The molecule has 1 saturated carbocycles. The Kier molecular flexibility index (Phi) is 5.22. The van der Waals surface area contributed by atoms with Crippen molar-refractivity contribution in [3.63, 3.8) is 0 Å². The predicted octanol–water partition coefficient (Wildman–Crippen LogP) is 2.48. The molecule has 146 valence electrons. The van der Waals surface area contributed by atoms with Gasteiger partial charge in [-0.3, -0.25) is 9.59 Å². The maximum atomic E-state index is 13.3. The van der Waals surface area contributed by atoms with Crippen LogP contribution in [0.3, 0.4) is 0 Å². The number of piperidine rings is 1. The highest BCUT2D eigenvalue weighted by atomic mass is 16.2. The summed E-state index contributed by atoms with van der Waals surface area (Å²) in [5.74, 6) is 0.481. The molecule has 27 heavy (non-hydrogen) atoms. The summed E-state index contributed by atoms with van der Waals surface area (Å²) in [6, 6.07) is 8.88. The van der Waals surface area contributed by atoms with Crippen LogP contribution in [0.15, 0.2) is 24.3 Å². The van der Waals surface area contributed by atoms with Gasteiger partial charge in [0.1, 0.15) is 0 Å². The predicted molar refractivity (Wildman–Crippen MR) is 105 cm³/mol. The van der Waals surface area contributed by atoms with Gasteiger partial charge < -0.3 is 15.1 Å². The molecule has 0 aromatic heterocycles. The lowest BCUT2D eigenvalue weighted by Gasteiger charge is -2.39. The molecule has 1 atom stereocenters. The normalized spacial score (nSPS) is 26.0. The maximum absolute atomic E-state index is 13.3. The van der Waals surface area contributed by atoms with Crippen molar-refractivity contribution >= 4 is 11.8 Å². The molecule has 2 aliphatic heterocycles. The summed E-state index contributed by atoms with van der Waals surface area (Å²) >= 11 is 0. The molecule has 1 aromatic carbocycles. The van der Waals surface area contributed by atoms with Crippen molar-refractivity contribution in [2.45, 2.75) is 58.0 Å². The summed E-state index contributed by atoms with van der Waals surface area (Å²) in [4.78, 5) is 29.6. The number of nitrogens with one attached hydrogen (secondary N) is 1. The van der Waals surface area contributed by atoms with Crippen LogP contribution in [0.25, 0.3) is 0 Å². The Hall–Kier alpha value is -1.88. The van der Waals surface area contributed by atoms with Gasteiger partial charge in [-0.05, 0) is 51.1 Å². The zero-order valence-electron chi connectivity index (χ0n) is 16.4. The lowest BCUT2D eigenvalue weighted by molar-refractivity contribution is -0.146. The number of aryl methyl sites for hydroxylation is 1. The van der Waals surface area contributed by atoms with E-state index >= 15 is 0 Å². The fourth-order valence-corrected chi connectivity index (χ4v) is 4.65. The third-order valence-electron chi connectivity index (χ3n) is 6.31. The van der Waals surface area contributed by atoms with Crippen molar-refractivity contribution in [3.05, 3.63) is 35.4 Å². The van der Waals surface area contributed by atoms with Gasteiger partial charge in [-0.1, -0.05) is 29.8 Å². The van der Waals surface area contributed by atoms with E-state index in [0.717, 1.165) is 58.3 Å². The first-order valence-electron chi connectivity index (χ1n) is 10.4. The molecule has 1 spiro atoms. The Morgan fingerprint density at radius 1 is 1.26 bits per heavy atom. The number of benzene rings is 1. The molecular formula is C22H31N3O2. The highest BCUT2D eigenvalue weighted by Gasteiger charge is 2.48. The number of hydrogen-bond donors (Lipinski definition) is 1. The van der Waals surface area contributed by atoms with Gasteiger partial charge >= 0.3 is 0 Å². The van der Waals surface area contributed by atoms with Crippen LogP contribution in [-0.2, 0) is 16.1 Å². The van der Waals surface area contributed by atoms with Crippen molar-refractivity contribution in [2.75, 3.05) is 26.2 Å². The van der Waals surface area contributed by atoms with Crippen molar-refractivity contribution in [1.82, 2.24) is 15.1 Å². The SMILES string of the molecule is Cc1cccc(CN2CCC[C@]3(CCN(CCC(=O)NC4CC4)C3)C2=O)c1. The van der Waals surface area contributed by atoms with E-state index in [1.54, 1.807) is 0 Å². The fourth-order valence-electron chi connectivity index (χ4n) is 4.65. The summed E-state index contributed by atoms with van der Waals surface area (Å²) in [6.45, 7) is 6.18. The molecule has 0 unspecified atom stereocenters. The first kappa shape index (κ1) is 18.5. The summed E-state index contributed by atoms with van der Waals surface area (Å²) in [5, 5.41) is 3.06. The zero-order valence-corrected chi connectivity index (χ0v) is 16.4. The summed E-state index contributed by atoms with van der Waals surface area (Å²) in [5.41, 5.74) is 2.23. The van der Waals surface area contributed by atoms with Crippen molar-refractivity contribution in [3.8, 4) is 0 Å². The van der Waals surface area contributed by atoms with Crippen LogP contribution >= 0.6 is 0 Å². The second kappa shape index (κ2) is 7.63. The number of amides is 2. The van der Waals surface area contributed by atoms with E-state index in [1.807, 2.05) is 0 Å². The highest BCUT2D eigenvalue weighted by Crippen LogP contribution is 2.40. The van der Waals surface area contributed by atoms with Gasteiger partial charge in [0.05, 0.1) is 5.41 Å². The molecule has 5 nitrogen and oxygen atoms in total. The van der Waals surface area contributed by atoms with E-state index in [9.17, 15) is 9.59 Å². The van der Waals surface area contributed by atoms with E-state index in [4.69, 9.17) is 0 Å².